The minimum Gasteiger partial charge on any atom is -0.381 e. The van der Waals surface area contributed by atoms with Crippen LogP contribution >= 0.6 is 0 Å². The molecular weight excluding hydrogens is 206 g/mol. The van der Waals surface area contributed by atoms with E-state index in [1.165, 1.54) is 4.68 Å². The summed E-state index contributed by atoms with van der Waals surface area (Å²) >= 11 is 0. The zero-order valence-electron chi connectivity index (χ0n) is 9.72. The molecule has 5 heteroatoms. The standard InChI is InChI=1S/C11H17N3O2/c1-13-11(15)4-3-10(12-13)14-7-5-9(16-2)6-8-14/h3-4,9H,5-8H2,1-2H3. The summed E-state index contributed by atoms with van der Waals surface area (Å²) in [5, 5.41) is 4.24. The molecule has 16 heavy (non-hydrogen) atoms. The Bertz CT molecular complexity index is 408. The largest absolute Gasteiger partial charge is 0.381 e. The minimum absolute atomic E-state index is 0.0736. The van der Waals surface area contributed by atoms with Crippen LogP contribution in [0.1, 0.15) is 12.8 Å². The van der Waals surface area contributed by atoms with Gasteiger partial charge in [0.15, 0.2) is 0 Å². The second kappa shape index (κ2) is 4.65. The molecule has 88 valence electrons. The number of ether oxygens (including phenoxy) is 1. The molecule has 1 aromatic rings. The number of anilines is 1. The van der Waals surface area contributed by atoms with Crippen LogP contribution in [0.3, 0.4) is 0 Å². The molecule has 1 aliphatic rings. The highest BCUT2D eigenvalue weighted by Gasteiger charge is 2.19. The van der Waals surface area contributed by atoms with Gasteiger partial charge in [-0.15, -0.1) is 0 Å². The third-order valence-electron chi connectivity index (χ3n) is 3.05. The number of aryl methyl sites for hydroxylation is 1. The summed E-state index contributed by atoms with van der Waals surface area (Å²) in [7, 11) is 3.43. The van der Waals surface area contributed by atoms with Crippen molar-refractivity contribution in [2.75, 3.05) is 25.1 Å². The number of aromatic nitrogens is 2. The van der Waals surface area contributed by atoms with Crippen molar-refractivity contribution in [2.45, 2.75) is 18.9 Å². The molecule has 0 N–H and O–H groups in total. The van der Waals surface area contributed by atoms with Crippen LogP contribution in [0.25, 0.3) is 0 Å². The predicted molar refractivity (Wildman–Crippen MR) is 61.7 cm³/mol. The Hall–Kier alpha value is -1.36. The van der Waals surface area contributed by atoms with Crippen LogP contribution in [0.2, 0.25) is 0 Å². The van der Waals surface area contributed by atoms with Gasteiger partial charge in [0.2, 0.25) is 0 Å². The van der Waals surface area contributed by atoms with E-state index in [1.54, 1.807) is 26.3 Å². The summed E-state index contributed by atoms with van der Waals surface area (Å²) in [6, 6.07) is 3.35. The normalized spacial score (nSPS) is 17.8. The molecule has 2 heterocycles. The number of hydrogen-bond acceptors (Lipinski definition) is 4. The van der Waals surface area contributed by atoms with Crippen LogP contribution in [0.15, 0.2) is 16.9 Å². The van der Waals surface area contributed by atoms with Gasteiger partial charge in [-0.05, 0) is 18.9 Å². The topological polar surface area (TPSA) is 47.4 Å². The molecule has 1 fully saturated rings. The van der Waals surface area contributed by atoms with E-state index in [9.17, 15) is 4.79 Å². The van der Waals surface area contributed by atoms with Gasteiger partial charge in [0.1, 0.15) is 5.82 Å². The fraction of sp³-hybridized carbons (Fsp3) is 0.636. The van der Waals surface area contributed by atoms with Crippen LogP contribution in [0, 0.1) is 0 Å². The molecule has 0 amide bonds. The molecule has 5 nitrogen and oxygen atoms in total. The van der Waals surface area contributed by atoms with Crippen molar-refractivity contribution in [2.24, 2.45) is 7.05 Å². The first kappa shape index (κ1) is 11.1. The summed E-state index contributed by atoms with van der Waals surface area (Å²) in [6.07, 6.45) is 2.39. The number of rotatable bonds is 2. The van der Waals surface area contributed by atoms with E-state index in [0.717, 1.165) is 31.7 Å². The summed E-state index contributed by atoms with van der Waals surface area (Å²) in [5.41, 5.74) is -0.0736. The highest BCUT2D eigenvalue weighted by atomic mass is 16.5. The molecule has 0 saturated carbocycles. The van der Waals surface area contributed by atoms with Gasteiger partial charge in [-0.25, -0.2) is 4.68 Å². The quantitative estimate of drug-likeness (QED) is 0.728. The second-order valence-corrected chi connectivity index (χ2v) is 4.08. The molecule has 0 spiro atoms. The molecule has 1 saturated heterocycles. The molecular formula is C11H17N3O2. The molecule has 0 bridgehead atoms. The van der Waals surface area contributed by atoms with Crippen LogP contribution < -0.4 is 10.5 Å². The number of nitrogens with zero attached hydrogens (tertiary/aromatic N) is 3. The second-order valence-electron chi connectivity index (χ2n) is 4.08. The Balaban J connectivity index is 2.08. The fourth-order valence-corrected chi connectivity index (χ4v) is 1.98. The van der Waals surface area contributed by atoms with Gasteiger partial charge in [0.05, 0.1) is 6.10 Å². The lowest BCUT2D eigenvalue weighted by molar-refractivity contribution is 0.0817. The van der Waals surface area contributed by atoms with E-state index >= 15 is 0 Å². The highest BCUT2D eigenvalue weighted by Crippen LogP contribution is 2.17. The zero-order chi connectivity index (χ0) is 11.5. The molecule has 0 unspecified atom stereocenters. The summed E-state index contributed by atoms with van der Waals surface area (Å²) < 4.78 is 6.69. The lowest BCUT2D eigenvalue weighted by Gasteiger charge is -2.31. The first-order valence-electron chi connectivity index (χ1n) is 5.53. The maximum Gasteiger partial charge on any atom is 0.266 e. The van der Waals surface area contributed by atoms with Gasteiger partial charge < -0.3 is 9.64 Å². The van der Waals surface area contributed by atoms with Gasteiger partial charge >= 0.3 is 0 Å². The first-order valence-corrected chi connectivity index (χ1v) is 5.53. The molecule has 1 aromatic heterocycles. The molecule has 0 aliphatic carbocycles. The van der Waals surface area contributed by atoms with Crippen molar-refractivity contribution in [1.82, 2.24) is 9.78 Å². The van der Waals surface area contributed by atoms with Crippen molar-refractivity contribution >= 4 is 5.82 Å². The van der Waals surface area contributed by atoms with Crippen molar-refractivity contribution < 1.29 is 4.74 Å². The number of hydrogen-bond donors (Lipinski definition) is 0. The lowest BCUT2D eigenvalue weighted by atomic mass is 10.1. The van der Waals surface area contributed by atoms with Crippen molar-refractivity contribution in [3.05, 3.63) is 22.5 Å². The maximum absolute atomic E-state index is 11.2. The molecule has 2 rings (SSSR count). The van der Waals surface area contributed by atoms with Gasteiger partial charge in [-0.3, -0.25) is 4.79 Å². The Labute approximate surface area is 94.6 Å². The molecule has 0 aromatic carbocycles. The van der Waals surface area contributed by atoms with E-state index in [1.807, 2.05) is 0 Å². The predicted octanol–water partition coefficient (Wildman–Crippen LogP) is 0.395. The van der Waals surface area contributed by atoms with Gasteiger partial charge in [0, 0.05) is 33.3 Å². The monoisotopic (exact) mass is 223 g/mol. The van der Waals surface area contributed by atoms with E-state index in [4.69, 9.17) is 4.74 Å². The van der Waals surface area contributed by atoms with Gasteiger partial charge in [0.25, 0.3) is 5.56 Å². The van der Waals surface area contributed by atoms with E-state index in [-0.39, 0.29) is 5.56 Å². The number of piperidine rings is 1. The lowest BCUT2D eigenvalue weighted by Crippen LogP contribution is -2.38. The Morgan fingerprint density at radius 1 is 1.38 bits per heavy atom. The third-order valence-corrected chi connectivity index (χ3v) is 3.05. The summed E-state index contributed by atoms with van der Waals surface area (Å²) in [5.74, 6) is 0.872. The average Bonchev–Trinajstić information content (AvgIpc) is 2.33. The van der Waals surface area contributed by atoms with Crippen LogP contribution in [0.4, 0.5) is 5.82 Å². The van der Waals surface area contributed by atoms with E-state index in [2.05, 4.69) is 10.00 Å². The maximum atomic E-state index is 11.2. The highest BCUT2D eigenvalue weighted by molar-refractivity contribution is 5.36. The Morgan fingerprint density at radius 2 is 2.06 bits per heavy atom. The van der Waals surface area contributed by atoms with E-state index in [0.29, 0.717) is 6.10 Å². The Morgan fingerprint density at radius 3 is 2.62 bits per heavy atom. The Kier molecular flexibility index (Phi) is 3.24. The molecule has 1 aliphatic heterocycles. The summed E-state index contributed by atoms with van der Waals surface area (Å²) in [6.45, 7) is 1.87. The van der Waals surface area contributed by atoms with E-state index < -0.39 is 0 Å². The van der Waals surface area contributed by atoms with Gasteiger partial charge in [-0.1, -0.05) is 0 Å². The number of methoxy groups -OCH3 is 1. The molecule has 0 atom stereocenters. The van der Waals surface area contributed by atoms with Crippen molar-refractivity contribution in [3.63, 3.8) is 0 Å². The van der Waals surface area contributed by atoms with Crippen LogP contribution in [-0.2, 0) is 11.8 Å². The van der Waals surface area contributed by atoms with Crippen LogP contribution in [-0.4, -0.2) is 36.1 Å². The molecule has 0 radical (unpaired) electrons. The first-order chi connectivity index (χ1) is 7.70. The van der Waals surface area contributed by atoms with Crippen LogP contribution in [0.5, 0.6) is 0 Å². The third kappa shape index (κ3) is 2.24. The SMILES string of the molecule is COC1CCN(c2ccc(=O)n(C)n2)CC1. The zero-order valence-corrected chi connectivity index (χ0v) is 9.72. The van der Waals surface area contributed by atoms with Gasteiger partial charge in [-0.2, -0.15) is 5.10 Å². The fourth-order valence-electron chi connectivity index (χ4n) is 1.98. The summed E-state index contributed by atoms with van der Waals surface area (Å²) in [4.78, 5) is 13.4. The van der Waals surface area contributed by atoms with Crippen molar-refractivity contribution in [1.29, 1.82) is 0 Å². The minimum atomic E-state index is -0.0736. The smallest absolute Gasteiger partial charge is 0.266 e. The average molecular weight is 223 g/mol. The van der Waals surface area contributed by atoms with Crippen molar-refractivity contribution in [3.8, 4) is 0 Å².